The average molecular weight is 284 g/mol. The Hall–Kier alpha value is -1.97. The zero-order valence-corrected chi connectivity index (χ0v) is 12.4. The second-order valence-corrected chi connectivity index (χ2v) is 6.75. The molecule has 0 bridgehead atoms. The summed E-state index contributed by atoms with van der Waals surface area (Å²) in [6, 6.07) is 6.08. The number of carbonyl (C=O) groups is 1. The Balaban J connectivity index is 1.80. The van der Waals surface area contributed by atoms with E-state index in [9.17, 15) is 9.18 Å². The van der Waals surface area contributed by atoms with Gasteiger partial charge in [-0.1, -0.05) is 26.0 Å². The molecule has 0 N–H and O–H groups in total. The SMILES string of the molecule is Cc1nn(C(=O)c2ccccc2F)c2c1[C@H]1[C@@H](C2)C1(C)C. The fraction of sp³-hybridized carbons (Fsp3) is 0.412. The van der Waals surface area contributed by atoms with Gasteiger partial charge in [-0.3, -0.25) is 4.79 Å². The Kier molecular flexibility index (Phi) is 2.31. The first-order valence-corrected chi connectivity index (χ1v) is 7.30. The molecule has 2 aliphatic carbocycles. The highest BCUT2D eigenvalue weighted by Crippen LogP contribution is 2.70. The van der Waals surface area contributed by atoms with Crippen molar-refractivity contribution in [3.8, 4) is 0 Å². The molecule has 0 unspecified atom stereocenters. The van der Waals surface area contributed by atoms with Gasteiger partial charge in [-0.15, -0.1) is 0 Å². The van der Waals surface area contributed by atoms with Crippen molar-refractivity contribution < 1.29 is 9.18 Å². The summed E-state index contributed by atoms with van der Waals surface area (Å²) in [6.07, 6.45) is 0.869. The lowest BCUT2D eigenvalue weighted by atomic mass is 9.98. The van der Waals surface area contributed by atoms with E-state index >= 15 is 0 Å². The van der Waals surface area contributed by atoms with Crippen molar-refractivity contribution in [2.75, 3.05) is 0 Å². The molecule has 1 aromatic carbocycles. The molecule has 1 fully saturated rings. The number of carbonyl (C=O) groups excluding carboxylic acids is 1. The van der Waals surface area contributed by atoms with Crippen LogP contribution in [0.25, 0.3) is 0 Å². The number of hydrogen-bond donors (Lipinski definition) is 0. The minimum Gasteiger partial charge on any atom is -0.267 e. The number of benzene rings is 1. The topological polar surface area (TPSA) is 34.9 Å². The fourth-order valence-corrected chi connectivity index (χ4v) is 4.01. The Morgan fingerprint density at radius 3 is 2.81 bits per heavy atom. The van der Waals surface area contributed by atoms with E-state index in [-0.39, 0.29) is 11.5 Å². The molecule has 2 aliphatic rings. The normalized spacial score (nSPS) is 24.6. The minimum absolute atomic E-state index is 0.0858. The predicted octanol–water partition coefficient (Wildman–Crippen LogP) is 3.31. The van der Waals surface area contributed by atoms with Gasteiger partial charge in [0, 0.05) is 5.56 Å². The van der Waals surface area contributed by atoms with Crippen LogP contribution in [0.4, 0.5) is 4.39 Å². The van der Waals surface area contributed by atoms with Crippen molar-refractivity contribution in [1.82, 2.24) is 9.78 Å². The first-order valence-electron chi connectivity index (χ1n) is 7.30. The lowest BCUT2D eigenvalue weighted by molar-refractivity contribution is 0.0936. The maximum atomic E-state index is 13.8. The van der Waals surface area contributed by atoms with Gasteiger partial charge in [0.25, 0.3) is 5.91 Å². The second-order valence-electron chi connectivity index (χ2n) is 6.75. The number of rotatable bonds is 1. The molecule has 3 nitrogen and oxygen atoms in total. The van der Waals surface area contributed by atoms with Gasteiger partial charge < -0.3 is 0 Å². The molecular formula is C17H17FN2O. The maximum absolute atomic E-state index is 13.8. The minimum atomic E-state index is -0.493. The summed E-state index contributed by atoms with van der Waals surface area (Å²) in [6.45, 7) is 6.47. The Morgan fingerprint density at radius 1 is 1.38 bits per heavy atom. The molecule has 1 aromatic heterocycles. The van der Waals surface area contributed by atoms with E-state index in [4.69, 9.17) is 0 Å². The number of aromatic nitrogens is 2. The average Bonchev–Trinajstić information content (AvgIpc) is 2.82. The molecule has 2 aromatic rings. The third-order valence-electron chi connectivity index (χ3n) is 5.28. The molecular weight excluding hydrogens is 267 g/mol. The van der Waals surface area contributed by atoms with Crippen molar-refractivity contribution in [1.29, 1.82) is 0 Å². The molecule has 2 atom stereocenters. The van der Waals surface area contributed by atoms with Gasteiger partial charge in [0.2, 0.25) is 0 Å². The summed E-state index contributed by atoms with van der Waals surface area (Å²) < 4.78 is 15.3. The van der Waals surface area contributed by atoms with E-state index in [2.05, 4.69) is 18.9 Å². The largest absolute Gasteiger partial charge is 0.281 e. The maximum Gasteiger partial charge on any atom is 0.281 e. The molecule has 21 heavy (non-hydrogen) atoms. The van der Waals surface area contributed by atoms with Gasteiger partial charge >= 0.3 is 0 Å². The summed E-state index contributed by atoms with van der Waals surface area (Å²) in [4.78, 5) is 12.6. The van der Waals surface area contributed by atoms with Crippen molar-refractivity contribution in [2.45, 2.75) is 33.1 Å². The molecule has 4 heteroatoms. The monoisotopic (exact) mass is 284 g/mol. The lowest BCUT2D eigenvalue weighted by Crippen LogP contribution is -2.18. The highest BCUT2D eigenvalue weighted by Gasteiger charge is 2.64. The molecule has 0 radical (unpaired) electrons. The summed E-state index contributed by atoms with van der Waals surface area (Å²) >= 11 is 0. The summed E-state index contributed by atoms with van der Waals surface area (Å²) in [7, 11) is 0. The van der Waals surface area contributed by atoms with Gasteiger partial charge in [-0.2, -0.15) is 5.10 Å². The third kappa shape index (κ3) is 1.53. The summed E-state index contributed by atoms with van der Waals surface area (Å²) in [5, 5.41) is 4.39. The third-order valence-corrected chi connectivity index (χ3v) is 5.28. The standard InChI is InChI=1S/C17H17FN2O/c1-9-14-13(8-11-15(14)17(11,2)3)20(19-9)16(21)10-6-4-5-7-12(10)18/h4-7,11,15H,8H2,1-3H3/t11-,15-/m1/s1. The van der Waals surface area contributed by atoms with Crippen LogP contribution in [0.3, 0.4) is 0 Å². The van der Waals surface area contributed by atoms with Gasteiger partial charge in [-0.05, 0) is 42.7 Å². The zero-order valence-electron chi connectivity index (χ0n) is 12.4. The Labute approximate surface area is 122 Å². The van der Waals surface area contributed by atoms with Crippen LogP contribution in [0.2, 0.25) is 0 Å². The number of nitrogens with zero attached hydrogens (tertiary/aromatic N) is 2. The zero-order chi connectivity index (χ0) is 14.9. The summed E-state index contributed by atoms with van der Waals surface area (Å²) in [5.41, 5.74) is 3.51. The molecule has 1 saturated carbocycles. The van der Waals surface area contributed by atoms with Gasteiger partial charge in [0.15, 0.2) is 0 Å². The van der Waals surface area contributed by atoms with E-state index in [0.29, 0.717) is 17.3 Å². The Morgan fingerprint density at radius 2 is 2.10 bits per heavy atom. The second kappa shape index (κ2) is 3.81. The van der Waals surface area contributed by atoms with Crippen molar-refractivity contribution >= 4 is 5.91 Å². The molecule has 0 spiro atoms. The van der Waals surface area contributed by atoms with Crippen LogP contribution in [0.15, 0.2) is 24.3 Å². The van der Waals surface area contributed by atoms with Gasteiger partial charge in [-0.25, -0.2) is 9.07 Å². The van der Waals surface area contributed by atoms with E-state index in [1.807, 2.05) is 6.92 Å². The first kappa shape index (κ1) is 12.7. The number of halogens is 1. The van der Waals surface area contributed by atoms with Crippen LogP contribution in [0.1, 0.15) is 47.1 Å². The van der Waals surface area contributed by atoms with E-state index in [0.717, 1.165) is 17.8 Å². The van der Waals surface area contributed by atoms with Crippen LogP contribution >= 0.6 is 0 Å². The molecule has 1 heterocycles. The van der Waals surface area contributed by atoms with Crippen LogP contribution in [0.5, 0.6) is 0 Å². The number of fused-ring (bicyclic) bond motifs is 3. The van der Waals surface area contributed by atoms with Crippen molar-refractivity contribution in [2.24, 2.45) is 11.3 Å². The molecule has 0 saturated heterocycles. The Bertz CT molecular complexity index is 775. The predicted molar refractivity (Wildman–Crippen MR) is 76.8 cm³/mol. The van der Waals surface area contributed by atoms with Gasteiger partial charge in [0.1, 0.15) is 5.82 Å². The molecule has 4 rings (SSSR count). The first-order chi connectivity index (χ1) is 9.93. The molecule has 0 amide bonds. The van der Waals surface area contributed by atoms with E-state index in [1.54, 1.807) is 12.1 Å². The van der Waals surface area contributed by atoms with Crippen LogP contribution < -0.4 is 0 Å². The number of aryl methyl sites for hydroxylation is 1. The molecule has 108 valence electrons. The lowest BCUT2D eigenvalue weighted by Gasteiger charge is -2.10. The highest BCUT2D eigenvalue weighted by molar-refractivity contribution is 5.96. The smallest absolute Gasteiger partial charge is 0.267 e. The highest BCUT2D eigenvalue weighted by atomic mass is 19.1. The fourth-order valence-electron chi connectivity index (χ4n) is 4.01. The number of hydrogen-bond acceptors (Lipinski definition) is 2. The van der Waals surface area contributed by atoms with E-state index < -0.39 is 5.82 Å². The summed E-state index contributed by atoms with van der Waals surface area (Å²) in [5.74, 6) is 0.253. The molecule has 0 aliphatic heterocycles. The van der Waals surface area contributed by atoms with Crippen molar-refractivity contribution in [3.05, 3.63) is 52.6 Å². The van der Waals surface area contributed by atoms with Crippen LogP contribution in [0, 0.1) is 24.1 Å². The van der Waals surface area contributed by atoms with Crippen molar-refractivity contribution in [3.63, 3.8) is 0 Å². The van der Waals surface area contributed by atoms with Gasteiger partial charge in [0.05, 0.1) is 17.0 Å². The van der Waals surface area contributed by atoms with E-state index in [1.165, 1.54) is 22.4 Å². The quantitative estimate of drug-likeness (QED) is 0.805. The van der Waals surface area contributed by atoms with Crippen LogP contribution in [-0.2, 0) is 6.42 Å². The van der Waals surface area contributed by atoms with Crippen LogP contribution in [-0.4, -0.2) is 15.7 Å².